The van der Waals surface area contributed by atoms with Crippen LogP contribution in [-0.2, 0) is 11.3 Å². The van der Waals surface area contributed by atoms with E-state index >= 15 is 0 Å². The average Bonchev–Trinajstić information content (AvgIpc) is 3.31. The molecular weight excluding hydrogens is 430 g/mol. The number of aromatic nitrogens is 4. The van der Waals surface area contributed by atoms with Gasteiger partial charge >= 0.3 is 5.97 Å². The Balaban J connectivity index is 1.41. The van der Waals surface area contributed by atoms with Crippen LogP contribution in [0.4, 0.5) is 0 Å². The average molecular weight is 456 g/mol. The highest BCUT2D eigenvalue weighted by Gasteiger charge is 2.17. The molecule has 1 unspecified atom stereocenters. The maximum atomic E-state index is 12.8. The molecule has 4 rings (SSSR count). The van der Waals surface area contributed by atoms with Gasteiger partial charge in [0.1, 0.15) is 5.69 Å². The van der Waals surface area contributed by atoms with Gasteiger partial charge in [-0.25, -0.2) is 4.68 Å². The van der Waals surface area contributed by atoms with Crippen LogP contribution in [0.1, 0.15) is 45.9 Å². The second-order valence-corrected chi connectivity index (χ2v) is 8.12. The molecule has 8 nitrogen and oxygen atoms in total. The van der Waals surface area contributed by atoms with Gasteiger partial charge in [0.05, 0.1) is 18.8 Å². The molecule has 8 heteroatoms. The zero-order valence-electron chi connectivity index (χ0n) is 18.8. The lowest BCUT2D eigenvalue weighted by Gasteiger charge is -2.18. The molecule has 34 heavy (non-hydrogen) atoms. The molecule has 0 radical (unpaired) electrons. The van der Waals surface area contributed by atoms with Crippen LogP contribution < -0.4 is 5.32 Å². The van der Waals surface area contributed by atoms with Gasteiger partial charge in [-0.1, -0.05) is 47.7 Å². The number of nitrogens with zero attached hydrogens (tertiary/aromatic N) is 4. The zero-order valence-corrected chi connectivity index (χ0v) is 18.8. The first-order valence-electron chi connectivity index (χ1n) is 11.0. The molecule has 0 saturated heterocycles. The SMILES string of the molecule is Cc1cncc(-c2cn(Cc3ccc(C(=O)NC(CCC(=O)O)c4ccccc4)cc3)nn2)c1. The van der Waals surface area contributed by atoms with E-state index in [9.17, 15) is 9.59 Å². The maximum absolute atomic E-state index is 12.8. The first-order chi connectivity index (χ1) is 16.5. The number of hydrogen-bond donors (Lipinski definition) is 2. The summed E-state index contributed by atoms with van der Waals surface area (Å²) in [5.74, 6) is -1.14. The van der Waals surface area contributed by atoms with Crippen molar-refractivity contribution in [3.05, 3.63) is 102 Å². The third-order valence-electron chi connectivity index (χ3n) is 5.42. The van der Waals surface area contributed by atoms with Crippen LogP contribution >= 0.6 is 0 Å². The molecular formula is C26H25N5O3. The predicted molar refractivity (Wildman–Crippen MR) is 127 cm³/mol. The van der Waals surface area contributed by atoms with Crippen molar-refractivity contribution in [2.24, 2.45) is 0 Å². The summed E-state index contributed by atoms with van der Waals surface area (Å²) in [4.78, 5) is 28.1. The fourth-order valence-corrected chi connectivity index (χ4v) is 3.67. The molecule has 4 aromatic rings. The van der Waals surface area contributed by atoms with Crippen molar-refractivity contribution in [1.82, 2.24) is 25.3 Å². The number of aliphatic carboxylic acids is 1. The lowest BCUT2D eigenvalue weighted by atomic mass is 10.0. The van der Waals surface area contributed by atoms with Gasteiger partial charge in [0.25, 0.3) is 5.91 Å². The summed E-state index contributed by atoms with van der Waals surface area (Å²) in [6, 6.07) is 18.3. The maximum Gasteiger partial charge on any atom is 0.303 e. The highest BCUT2D eigenvalue weighted by Crippen LogP contribution is 2.20. The highest BCUT2D eigenvalue weighted by molar-refractivity contribution is 5.94. The number of carboxylic acids is 1. The summed E-state index contributed by atoms with van der Waals surface area (Å²) in [6.07, 6.45) is 5.70. The van der Waals surface area contributed by atoms with E-state index < -0.39 is 5.97 Å². The monoisotopic (exact) mass is 455 g/mol. The number of nitrogens with one attached hydrogen (secondary N) is 1. The number of aryl methyl sites for hydroxylation is 1. The van der Waals surface area contributed by atoms with Crippen molar-refractivity contribution in [3.8, 4) is 11.3 Å². The van der Waals surface area contributed by atoms with Gasteiger partial charge in [0.15, 0.2) is 0 Å². The number of hydrogen-bond acceptors (Lipinski definition) is 5. The van der Waals surface area contributed by atoms with Crippen LogP contribution in [0, 0.1) is 6.92 Å². The van der Waals surface area contributed by atoms with Crippen molar-refractivity contribution < 1.29 is 14.7 Å². The number of carboxylic acid groups (broad SMARTS) is 1. The van der Waals surface area contributed by atoms with Gasteiger partial charge in [-0.2, -0.15) is 0 Å². The summed E-state index contributed by atoms with van der Waals surface area (Å²) in [6.45, 7) is 2.49. The van der Waals surface area contributed by atoms with E-state index in [1.54, 1.807) is 29.2 Å². The van der Waals surface area contributed by atoms with Crippen LogP contribution in [0.15, 0.2) is 79.3 Å². The molecule has 0 aliphatic heterocycles. The van der Waals surface area contributed by atoms with Crippen LogP contribution in [0.3, 0.4) is 0 Å². The van der Waals surface area contributed by atoms with Crippen LogP contribution in [0.25, 0.3) is 11.3 Å². The summed E-state index contributed by atoms with van der Waals surface area (Å²) >= 11 is 0. The Morgan fingerprint density at radius 3 is 2.53 bits per heavy atom. The fourth-order valence-electron chi connectivity index (χ4n) is 3.67. The summed E-state index contributed by atoms with van der Waals surface area (Å²) < 4.78 is 1.74. The lowest BCUT2D eigenvalue weighted by Crippen LogP contribution is -2.29. The molecule has 0 fully saturated rings. The Labute approximate surface area is 197 Å². The normalized spacial score (nSPS) is 11.7. The molecule has 0 spiro atoms. The molecule has 2 aromatic heterocycles. The second kappa shape index (κ2) is 10.5. The van der Waals surface area contributed by atoms with Crippen LogP contribution in [0.2, 0.25) is 0 Å². The predicted octanol–water partition coefficient (Wildman–Crippen LogP) is 4.03. The van der Waals surface area contributed by atoms with E-state index in [2.05, 4.69) is 20.6 Å². The molecule has 0 bridgehead atoms. The number of carbonyl (C=O) groups is 2. The molecule has 0 saturated carbocycles. The number of carbonyl (C=O) groups excluding carboxylic acids is 1. The Kier molecular flexibility index (Phi) is 7.07. The minimum Gasteiger partial charge on any atom is -0.481 e. The zero-order chi connectivity index (χ0) is 23.9. The molecule has 2 heterocycles. The first-order valence-corrected chi connectivity index (χ1v) is 11.0. The smallest absolute Gasteiger partial charge is 0.303 e. The molecule has 172 valence electrons. The van der Waals surface area contributed by atoms with Gasteiger partial charge in [0.2, 0.25) is 0 Å². The largest absolute Gasteiger partial charge is 0.481 e. The van der Waals surface area contributed by atoms with Crippen molar-refractivity contribution in [3.63, 3.8) is 0 Å². The third-order valence-corrected chi connectivity index (χ3v) is 5.42. The molecule has 1 atom stereocenters. The van der Waals surface area contributed by atoms with E-state index in [0.717, 1.165) is 27.9 Å². The molecule has 1 amide bonds. The van der Waals surface area contributed by atoms with E-state index in [1.807, 2.05) is 61.7 Å². The molecule has 2 aromatic carbocycles. The molecule has 0 aliphatic carbocycles. The Hall–Kier alpha value is -4.33. The number of rotatable bonds is 9. The first kappa shape index (κ1) is 22.8. The highest BCUT2D eigenvalue weighted by atomic mass is 16.4. The van der Waals surface area contributed by atoms with E-state index in [4.69, 9.17) is 5.11 Å². The topological polar surface area (TPSA) is 110 Å². The Morgan fingerprint density at radius 1 is 1.06 bits per heavy atom. The van der Waals surface area contributed by atoms with Crippen molar-refractivity contribution in [2.45, 2.75) is 32.4 Å². The molecule has 0 aliphatic rings. The number of pyridine rings is 1. The quantitative estimate of drug-likeness (QED) is 0.394. The summed E-state index contributed by atoms with van der Waals surface area (Å²) in [5, 5.41) is 20.4. The lowest BCUT2D eigenvalue weighted by molar-refractivity contribution is -0.137. The van der Waals surface area contributed by atoms with Crippen molar-refractivity contribution in [2.75, 3.05) is 0 Å². The van der Waals surface area contributed by atoms with Crippen molar-refractivity contribution >= 4 is 11.9 Å². The Bertz CT molecular complexity index is 1270. The second-order valence-electron chi connectivity index (χ2n) is 8.12. The van der Waals surface area contributed by atoms with Gasteiger partial charge < -0.3 is 10.4 Å². The van der Waals surface area contributed by atoms with Gasteiger partial charge in [-0.3, -0.25) is 14.6 Å². The summed E-state index contributed by atoms with van der Waals surface area (Å²) in [7, 11) is 0. The van der Waals surface area contributed by atoms with Gasteiger partial charge in [-0.05, 0) is 48.2 Å². The minimum atomic E-state index is -0.894. The minimum absolute atomic E-state index is 0.0305. The summed E-state index contributed by atoms with van der Waals surface area (Å²) in [5.41, 5.74) is 5.07. The number of benzene rings is 2. The number of amides is 1. The van der Waals surface area contributed by atoms with Gasteiger partial charge in [0, 0.05) is 29.9 Å². The van der Waals surface area contributed by atoms with Crippen molar-refractivity contribution in [1.29, 1.82) is 0 Å². The third kappa shape index (κ3) is 5.92. The fraction of sp³-hybridized carbons (Fsp3) is 0.192. The van der Waals surface area contributed by atoms with Gasteiger partial charge in [-0.15, -0.1) is 5.10 Å². The van der Waals surface area contributed by atoms with Crippen LogP contribution in [0.5, 0.6) is 0 Å². The van der Waals surface area contributed by atoms with E-state index in [0.29, 0.717) is 18.5 Å². The molecule has 2 N–H and O–H groups in total. The van der Waals surface area contributed by atoms with Crippen LogP contribution in [-0.4, -0.2) is 37.0 Å². The standard InChI is InChI=1S/C26H25N5O3/c1-18-13-22(15-27-14-18)24-17-31(30-29-24)16-19-7-9-21(10-8-19)26(34)28-23(11-12-25(32)33)20-5-3-2-4-6-20/h2-10,13-15,17,23H,11-12,16H2,1H3,(H,28,34)(H,32,33). The van der Waals surface area contributed by atoms with E-state index in [-0.39, 0.29) is 18.4 Å². The van der Waals surface area contributed by atoms with E-state index in [1.165, 1.54) is 0 Å². The Morgan fingerprint density at radius 2 is 1.82 bits per heavy atom.